The van der Waals surface area contributed by atoms with E-state index in [9.17, 15) is 18.0 Å². The second kappa shape index (κ2) is 3.83. The first-order valence-electron chi connectivity index (χ1n) is 3.47. The van der Waals surface area contributed by atoms with Crippen molar-refractivity contribution in [3.63, 3.8) is 0 Å². The molecule has 0 amide bonds. The number of hydrogen-bond donors (Lipinski definition) is 1. The zero-order valence-corrected chi connectivity index (χ0v) is 7.52. The van der Waals surface area contributed by atoms with Crippen molar-refractivity contribution in [2.45, 2.75) is 6.18 Å². The Morgan fingerprint density at radius 1 is 1.50 bits per heavy atom. The molecule has 0 aliphatic rings. The zero-order chi connectivity index (χ0) is 10.8. The lowest BCUT2D eigenvalue weighted by atomic mass is 10.2. The standard InChI is InChI=1S/C8H5F3O2S/c9-8(10,11)7-5(3-4-14-7)1-2-6(12)13/h1-4H,(H,12,13). The molecule has 0 aromatic carbocycles. The smallest absolute Gasteiger partial charge is 0.426 e. The minimum atomic E-state index is -4.42. The van der Waals surface area contributed by atoms with Crippen LogP contribution in [0.3, 0.4) is 0 Å². The zero-order valence-electron chi connectivity index (χ0n) is 6.71. The van der Waals surface area contributed by atoms with Gasteiger partial charge in [0.1, 0.15) is 4.88 Å². The lowest BCUT2D eigenvalue weighted by Crippen LogP contribution is -2.03. The van der Waals surface area contributed by atoms with E-state index < -0.39 is 17.0 Å². The van der Waals surface area contributed by atoms with Gasteiger partial charge in [0.05, 0.1) is 0 Å². The van der Waals surface area contributed by atoms with Crippen molar-refractivity contribution in [2.24, 2.45) is 0 Å². The third-order valence-corrected chi connectivity index (χ3v) is 2.33. The first-order chi connectivity index (χ1) is 6.41. The minimum Gasteiger partial charge on any atom is -0.478 e. The van der Waals surface area contributed by atoms with Crippen molar-refractivity contribution in [3.8, 4) is 0 Å². The number of carboxylic acids is 1. The molecule has 14 heavy (non-hydrogen) atoms. The third-order valence-electron chi connectivity index (χ3n) is 1.36. The van der Waals surface area contributed by atoms with Crippen LogP contribution in [0, 0.1) is 0 Å². The fraction of sp³-hybridized carbons (Fsp3) is 0.125. The molecule has 0 unspecified atom stereocenters. The van der Waals surface area contributed by atoms with Gasteiger partial charge < -0.3 is 5.11 Å². The maximum Gasteiger partial charge on any atom is 0.426 e. The Bertz CT molecular complexity index is 365. The summed E-state index contributed by atoms with van der Waals surface area (Å²) in [6, 6.07) is 1.23. The predicted octanol–water partition coefficient (Wildman–Crippen LogP) is 2.86. The number of carbonyl (C=O) groups is 1. The number of aliphatic carboxylic acids is 1. The van der Waals surface area contributed by atoms with Crippen LogP contribution in [0.2, 0.25) is 0 Å². The normalized spacial score (nSPS) is 12.2. The van der Waals surface area contributed by atoms with Crippen LogP contribution in [-0.2, 0) is 11.0 Å². The summed E-state index contributed by atoms with van der Waals surface area (Å²) in [6.07, 6.45) is -2.81. The van der Waals surface area contributed by atoms with E-state index in [-0.39, 0.29) is 5.56 Å². The van der Waals surface area contributed by atoms with Crippen LogP contribution in [0.5, 0.6) is 0 Å². The van der Waals surface area contributed by atoms with Crippen LogP contribution in [-0.4, -0.2) is 11.1 Å². The average Bonchev–Trinajstić information content (AvgIpc) is 2.46. The maximum atomic E-state index is 12.2. The molecule has 1 aromatic rings. The second-order valence-electron chi connectivity index (χ2n) is 2.37. The molecule has 0 spiro atoms. The first kappa shape index (κ1) is 10.8. The number of rotatable bonds is 2. The van der Waals surface area contributed by atoms with E-state index in [1.165, 1.54) is 11.4 Å². The number of hydrogen-bond acceptors (Lipinski definition) is 2. The molecule has 2 nitrogen and oxygen atoms in total. The highest BCUT2D eigenvalue weighted by atomic mass is 32.1. The van der Waals surface area contributed by atoms with Gasteiger partial charge in [-0.05, 0) is 23.1 Å². The molecule has 0 aliphatic carbocycles. The largest absolute Gasteiger partial charge is 0.478 e. The highest BCUT2D eigenvalue weighted by Crippen LogP contribution is 2.36. The summed E-state index contributed by atoms with van der Waals surface area (Å²) in [6.45, 7) is 0. The van der Waals surface area contributed by atoms with Gasteiger partial charge in [0, 0.05) is 6.08 Å². The summed E-state index contributed by atoms with van der Waals surface area (Å²) in [7, 11) is 0. The van der Waals surface area contributed by atoms with Crippen LogP contribution in [0.15, 0.2) is 17.5 Å². The summed E-state index contributed by atoms with van der Waals surface area (Å²) < 4.78 is 36.7. The summed E-state index contributed by atoms with van der Waals surface area (Å²) in [4.78, 5) is 9.31. The highest BCUT2D eigenvalue weighted by molar-refractivity contribution is 7.10. The molecule has 0 saturated heterocycles. The van der Waals surface area contributed by atoms with Crippen LogP contribution in [0.4, 0.5) is 13.2 Å². The highest BCUT2D eigenvalue weighted by Gasteiger charge is 2.34. The Morgan fingerprint density at radius 2 is 2.14 bits per heavy atom. The van der Waals surface area contributed by atoms with E-state index in [1.807, 2.05) is 0 Å². The van der Waals surface area contributed by atoms with E-state index >= 15 is 0 Å². The Kier molecular flexibility index (Phi) is 2.95. The summed E-state index contributed by atoms with van der Waals surface area (Å²) in [5.74, 6) is -1.27. The van der Waals surface area contributed by atoms with E-state index in [0.717, 1.165) is 6.08 Å². The van der Waals surface area contributed by atoms with Crippen LogP contribution in [0.25, 0.3) is 6.08 Å². The second-order valence-corrected chi connectivity index (χ2v) is 3.29. The first-order valence-corrected chi connectivity index (χ1v) is 4.35. The lowest BCUT2D eigenvalue weighted by Gasteiger charge is -2.03. The predicted molar refractivity (Wildman–Crippen MR) is 46.0 cm³/mol. The van der Waals surface area contributed by atoms with Gasteiger partial charge in [0.15, 0.2) is 0 Å². The Labute approximate surface area is 81.3 Å². The molecular weight excluding hydrogens is 217 g/mol. The average molecular weight is 222 g/mol. The Hall–Kier alpha value is -1.30. The molecule has 1 heterocycles. The van der Waals surface area contributed by atoms with Gasteiger partial charge in [0.25, 0.3) is 0 Å². The SMILES string of the molecule is O=C(O)C=Cc1ccsc1C(F)(F)F. The van der Waals surface area contributed by atoms with Crippen LogP contribution < -0.4 is 0 Å². The van der Waals surface area contributed by atoms with E-state index in [0.29, 0.717) is 17.4 Å². The van der Waals surface area contributed by atoms with Gasteiger partial charge in [-0.3, -0.25) is 0 Å². The summed E-state index contributed by atoms with van der Waals surface area (Å²) in [5, 5.41) is 9.51. The maximum absolute atomic E-state index is 12.2. The van der Waals surface area contributed by atoms with Crippen molar-refractivity contribution in [2.75, 3.05) is 0 Å². The number of thiophene rings is 1. The molecule has 0 fully saturated rings. The topological polar surface area (TPSA) is 37.3 Å². The molecule has 0 radical (unpaired) electrons. The van der Waals surface area contributed by atoms with Crippen LogP contribution in [0.1, 0.15) is 10.4 Å². The van der Waals surface area contributed by atoms with E-state index in [1.54, 1.807) is 0 Å². The lowest BCUT2D eigenvalue weighted by molar-refractivity contribution is -0.134. The Balaban J connectivity index is 3.00. The number of halogens is 3. The quantitative estimate of drug-likeness (QED) is 0.781. The minimum absolute atomic E-state index is 0.120. The number of carboxylic acid groups (broad SMARTS) is 1. The molecule has 6 heteroatoms. The molecule has 0 bridgehead atoms. The molecule has 1 N–H and O–H groups in total. The van der Waals surface area contributed by atoms with Crippen LogP contribution >= 0.6 is 11.3 Å². The fourth-order valence-corrected chi connectivity index (χ4v) is 1.60. The van der Waals surface area contributed by atoms with Crippen molar-refractivity contribution >= 4 is 23.4 Å². The molecule has 0 aliphatic heterocycles. The summed E-state index contributed by atoms with van der Waals surface area (Å²) in [5.41, 5.74) is -0.120. The molecule has 76 valence electrons. The van der Waals surface area contributed by atoms with Gasteiger partial charge in [-0.15, -0.1) is 11.3 Å². The monoisotopic (exact) mass is 222 g/mol. The molecule has 1 rings (SSSR count). The van der Waals surface area contributed by atoms with Gasteiger partial charge >= 0.3 is 12.1 Å². The van der Waals surface area contributed by atoms with Gasteiger partial charge in [-0.25, -0.2) is 4.79 Å². The fourth-order valence-electron chi connectivity index (χ4n) is 0.842. The van der Waals surface area contributed by atoms with Crippen molar-refractivity contribution in [1.29, 1.82) is 0 Å². The van der Waals surface area contributed by atoms with Crippen molar-refractivity contribution in [1.82, 2.24) is 0 Å². The molecular formula is C8H5F3O2S. The summed E-state index contributed by atoms with van der Waals surface area (Å²) >= 11 is 0.539. The van der Waals surface area contributed by atoms with Gasteiger partial charge in [0.2, 0.25) is 0 Å². The van der Waals surface area contributed by atoms with Crippen molar-refractivity contribution < 1.29 is 23.1 Å². The van der Waals surface area contributed by atoms with Crippen molar-refractivity contribution in [3.05, 3.63) is 28.0 Å². The molecule has 0 saturated carbocycles. The molecule has 1 aromatic heterocycles. The van der Waals surface area contributed by atoms with E-state index in [4.69, 9.17) is 5.11 Å². The third kappa shape index (κ3) is 2.59. The molecule has 0 atom stereocenters. The van der Waals surface area contributed by atoms with Gasteiger partial charge in [-0.2, -0.15) is 13.2 Å². The Morgan fingerprint density at radius 3 is 2.64 bits per heavy atom. The number of alkyl halides is 3. The van der Waals surface area contributed by atoms with Gasteiger partial charge in [-0.1, -0.05) is 0 Å². The van der Waals surface area contributed by atoms with E-state index in [2.05, 4.69) is 0 Å².